The normalized spacial score (nSPS) is 14.1. The molecular formula is C15H23N7O. The lowest BCUT2D eigenvalue weighted by Gasteiger charge is -2.11. The van der Waals surface area contributed by atoms with E-state index in [0.29, 0.717) is 13.1 Å². The Kier molecular flexibility index (Phi) is 4.59. The molecule has 0 saturated heterocycles. The highest BCUT2D eigenvalue weighted by atomic mass is 16.5. The summed E-state index contributed by atoms with van der Waals surface area (Å²) in [6.07, 6.45) is 2.17. The van der Waals surface area contributed by atoms with Gasteiger partial charge in [-0.25, -0.2) is 4.99 Å². The lowest BCUT2D eigenvalue weighted by molar-refractivity contribution is 0.392. The summed E-state index contributed by atoms with van der Waals surface area (Å²) in [5.41, 5.74) is 1.92. The lowest BCUT2D eigenvalue weighted by Crippen LogP contribution is -2.37. The molecular weight excluding hydrogens is 294 g/mol. The van der Waals surface area contributed by atoms with E-state index in [0.717, 1.165) is 60.6 Å². The molecule has 8 nitrogen and oxygen atoms in total. The Morgan fingerprint density at radius 2 is 2.17 bits per heavy atom. The molecule has 0 unspecified atom stereocenters. The zero-order valence-electron chi connectivity index (χ0n) is 13.9. The van der Waals surface area contributed by atoms with Crippen LogP contribution >= 0.6 is 0 Å². The topological polar surface area (TPSA) is 93.2 Å². The zero-order valence-corrected chi connectivity index (χ0v) is 13.9. The van der Waals surface area contributed by atoms with E-state index >= 15 is 0 Å². The number of aliphatic imine (C=N–C) groups is 1. The molecule has 0 aliphatic carbocycles. The fourth-order valence-corrected chi connectivity index (χ4v) is 2.73. The number of aryl methyl sites for hydroxylation is 3. The van der Waals surface area contributed by atoms with Crippen LogP contribution in [0.25, 0.3) is 0 Å². The molecule has 1 aliphatic heterocycles. The van der Waals surface area contributed by atoms with Crippen molar-refractivity contribution in [3.63, 3.8) is 0 Å². The zero-order chi connectivity index (χ0) is 16.2. The number of guanidine groups is 1. The highest BCUT2D eigenvalue weighted by Crippen LogP contribution is 2.14. The van der Waals surface area contributed by atoms with E-state index in [2.05, 4.69) is 35.5 Å². The quantitative estimate of drug-likeness (QED) is 0.633. The van der Waals surface area contributed by atoms with Crippen LogP contribution in [0.5, 0.6) is 0 Å². The molecule has 2 N–H and O–H groups in total. The third kappa shape index (κ3) is 3.35. The molecule has 23 heavy (non-hydrogen) atoms. The Balaban J connectivity index is 1.65. The molecule has 0 saturated carbocycles. The van der Waals surface area contributed by atoms with E-state index in [1.54, 1.807) is 0 Å². The molecule has 0 spiro atoms. The monoisotopic (exact) mass is 317 g/mol. The van der Waals surface area contributed by atoms with Crippen LogP contribution in [0.1, 0.15) is 42.0 Å². The number of fused-ring (bicyclic) bond motifs is 1. The molecule has 124 valence electrons. The van der Waals surface area contributed by atoms with E-state index in [9.17, 15) is 0 Å². The first kappa shape index (κ1) is 15.5. The predicted molar refractivity (Wildman–Crippen MR) is 86.0 cm³/mol. The van der Waals surface area contributed by atoms with Crippen molar-refractivity contribution in [1.29, 1.82) is 0 Å². The Bertz CT molecular complexity index is 681. The van der Waals surface area contributed by atoms with E-state index in [1.807, 2.05) is 20.8 Å². The van der Waals surface area contributed by atoms with Gasteiger partial charge in [-0.05, 0) is 27.2 Å². The summed E-state index contributed by atoms with van der Waals surface area (Å²) in [5, 5.41) is 19.0. The molecule has 3 rings (SSSR count). The standard InChI is InChI=1S/C15H23N7O/c1-4-16-15(17-8-12-10(2)21-23-11(12)3)18-9-14-20-19-13-6-5-7-22(13)14/h4-9H2,1-3H3,(H2,16,17,18). The fraction of sp³-hybridized carbons (Fsp3) is 0.600. The molecule has 0 fully saturated rings. The highest BCUT2D eigenvalue weighted by Gasteiger charge is 2.17. The predicted octanol–water partition coefficient (Wildman–Crippen LogP) is 1.08. The first-order valence-electron chi connectivity index (χ1n) is 8.04. The minimum atomic E-state index is 0.536. The minimum absolute atomic E-state index is 0.536. The minimum Gasteiger partial charge on any atom is -0.361 e. The van der Waals surface area contributed by atoms with E-state index < -0.39 is 0 Å². The van der Waals surface area contributed by atoms with E-state index in [1.165, 1.54) is 0 Å². The number of rotatable bonds is 5. The maximum absolute atomic E-state index is 5.18. The third-order valence-electron chi connectivity index (χ3n) is 4.02. The first-order chi connectivity index (χ1) is 11.2. The van der Waals surface area contributed by atoms with Gasteiger partial charge in [-0.1, -0.05) is 5.16 Å². The maximum atomic E-state index is 5.18. The summed E-state index contributed by atoms with van der Waals surface area (Å²) >= 11 is 0. The summed E-state index contributed by atoms with van der Waals surface area (Å²) < 4.78 is 7.36. The molecule has 0 atom stereocenters. The Morgan fingerprint density at radius 3 is 2.91 bits per heavy atom. The summed E-state index contributed by atoms with van der Waals surface area (Å²) in [6.45, 7) is 8.83. The second-order valence-electron chi connectivity index (χ2n) is 5.64. The summed E-state index contributed by atoms with van der Waals surface area (Å²) in [5.74, 6) is 3.61. The average Bonchev–Trinajstić information content (AvgIpc) is 3.21. The maximum Gasteiger partial charge on any atom is 0.191 e. The van der Waals surface area contributed by atoms with Crippen LogP contribution in [-0.2, 0) is 26.1 Å². The first-order valence-corrected chi connectivity index (χ1v) is 8.04. The van der Waals surface area contributed by atoms with Gasteiger partial charge < -0.3 is 19.7 Å². The number of hydrogen-bond acceptors (Lipinski definition) is 5. The molecule has 0 radical (unpaired) electrons. The van der Waals surface area contributed by atoms with Gasteiger partial charge in [-0.2, -0.15) is 0 Å². The van der Waals surface area contributed by atoms with Gasteiger partial charge in [0.1, 0.15) is 11.6 Å². The fourth-order valence-electron chi connectivity index (χ4n) is 2.73. The number of nitrogens with one attached hydrogen (secondary N) is 2. The van der Waals surface area contributed by atoms with Crippen molar-refractivity contribution in [3.05, 3.63) is 28.7 Å². The van der Waals surface area contributed by atoms with Gasteiger partial charge in [0.05, 0.1) is 18.8 Å². The lowest BCUT2D eigenvalue weighted by atomic mass is 10.2. The largest absolute Gasteiger partial charge is 0.361 e. The SMILES string of the molecule is CCNC(=NCc1c(C)noc1C)NCc1nnc2n1CCC2. The van der Waals surface area contributed by atoms with Gasteiger partial charge >= 0.3 is 0 Å². The molecule has 2 aromatic heterocycles. The van der Waals surface area contributed by atoms with Crippen molar-refractivity contribution in [3.8, 4) is 0 Å². The third-order valence-corrected chi connectivity index (χ3v) is 4.02. The van der Waals surface area contributed by atoms with Crippen molar-refractivity contribution in [2.75, 3.05) is 6.54 Å². The molecule has 8 heteroatoms. The summed E-state index contributed by atoms with van der Waals surface area (Å²) in [6, 6.07) is 0. The average molecular weight is 317 g/mol. The van der Waals surface area contributed by atoms with Gasteiger partial charge in [-0.15, -0.1) is 10.2 Å². The van der Waals surface area contributed by atoms with Crippen LogP contribution in [-0.4, -0.2) is 32.4 Å². The molecule has 3 heterocycles. The Hall–Kier alpha value is -2.38. The molecule has 0 amide bonds. The van der Waals surface area contributed by atoms with Crippen LogP contribution < -0.4 is 10.6 Å². The second-order valence-corrected chi connectivity index (χ2v) is 5.64. The molecule has 1 aliphatic rings. The Morgan fingerprint density at radius 1 is 1.30 bits per heavy atom. The number of nitrogens with zero attached hydrogens (tertiary/aromatic N) is 5. The number of hydrogen-bond donors (Lipinski definition) is 2. The second kappa shape index (κ2) is 6.80. The number of aromatic nitrogens is 4. The van der Waals surface area contributed by atoms with Gasteiger partial charge in [0, 0.05) is 25.1 Å². The van der Waals surface area contributed by atoms with Crippen LogP contribution in [0, 0.1) is 13.8 Å². The van der Waals surface area contributed by atoms with Crippen molar-refractivity contribution in [2.24, 2.45) is 4.99 Å². The van der Waals surface area contributed by atoms with Crippen LogP contribution in [0.2, 0.25) is 0 Å². The summed E-state index contributed by atoms with van der Waals surface area (Å²) in [7, 11) is 0. The van der Waals surface area contributed by atoms with Crippen molar-refractivity contribution >= 4 is 5.96 Å². The van der Waals surface area contributed by atoms with Crippen LogP contribution in [0.3, 0.4) is 0 Å². The van der Waals surface area contributed by atoms with E-state index in [-0.39, 0.29) is 0 Å². The van der Waals surface area contributed by atoms with Gasteiger partial charge in [0.15, 0.2) is 11.8 Å². The molecule has 2 aromatic rings. The van der Waals surface area contributed by atoms with Crippen molar-refractivity contribution < 1.29 is 4.52 Å². The van der Waals surface area contributed by atoms with Crippen molar-refractivity contribution in [1.82, 2.24) is 30.6 Å². The Labute approximate surface area is 135 Å². The highest BCUT2D eigenvalue weighted by molar-refractivity contribution is 5.79. The summed E-state index contributed by atoms with van der Waals surface area (Å²) in [4.78, 5) is 4.61. The molecule has 0 aromatic carbocycles. The van der Waals surface area contributed by atoms with Gasteiger partial charge in [0.2, 0.25) is 0 Å². The van der Waals surface area contributed by atoms with Crippen LogP contribution in [0.15, 0.2) is 9.52 Å². The molecule has 0 bridgehead atoms. The van der Waals surface area contributed by atoms with Gasteiger partial charge in [0.25, 0.3) is 0 Å². The smallest absolute Gasteiger partial charge is 0.191 e. The van der Waals surface area contributed by atoms with E-state index in [4.69, 9.17) is 4.52 Å². The van der Waals surface area contributed by atoms with Crippen molar-refractivity contribution in [2.45, 2.75) is 53.2 Å². The van der Waals surface area contributed by atoms with Gasteiger partial charge in [-0.3, -0.25) is 0 Å². The van der Waals surface area contributed by atoms with Crippen LogP contribution in [0.4, 0.5) is 0 Å².